The molecule has 1 fully saturated rings. The molecule has 112 valence electrons. The Morgan fingerprint density at radius 3 is 2.57 bits per heavy atom. The van der Waals surface area contributed by atoms with Crippen molar-refractivity contribution >= 4 is 17.8 Å². The summed E-state index contributed by atoms with van der Waals surface area (Å²) in [5.41, 5.74) is 0.875. The van der Waals surface area contributed by atoms with Gasteiger partial charge in [0.15, 0.2) is 0 Å². The third-order valence-corrected chi connectivity index (χ3v) is 3.14. The molecule has 1 saturated heterocycles. The molecule has 2 rings (SSSR count). The number of ether oxygens (including phenoxy) is 1. The summed E-state index contributed by atoms with van der Waals surface area (Å²) in [5, 5.41) is 7.34. The number of carbonyl (C=O) groups excluding carboxylic acids is 3. The van der Waals surface area contributed by atoms with Crippen LogP contribution >= 0.6 is 0 Å². The summed E-state index contributed by atoms with van der Waals surface area (Å²) in [4.78, 5) is 34.0. The zero-order chi connectivity index (χ0) is 15.2. The average Bonchev–Trinajstić information content (AvgIpc) is 2.78. The number of urea groups is 1. The van der Waals surface area contributed by atoms with Gasteiger partial charge in [-0.15, -0.1) is 0 Å². The maximum Gasteiger partial charge on any atom is 0.322 e. The third kappa shape index (κ3) is 4.20. The highest BCUT2D eigenvalue weighted by Crippen LogP contribution is 2.11. The Morgan fingerprint density at radius 1 is 1.29 bits per heavy atom. The number of amides is 4. The largest absolute Gasteiger partial charge is 0.497 e. The monoisotopic (exact) mass is 291 g/mol. The lowest BCUT2D eigenvalue weighted by molar-refractivity contribution is -0.122. The smallest absolute Gasteiger partial charge is 0.322 e. The van der Waals surface area contributed by atoms with Crippen molar-refractivity contribution < 1.29 is 19.1 Å². The van der Waals surface area contributed by atoms with Crippen LogP contribution < -0.4 is 20.7 Å². The van der Waals surface area contributed by atoms with Crippen LogP contribution in [0.1, 0.15) is 12.0 Å². The first kappa shape index (κ1) is 14.8. The van der Waals surface area contributed by atoms with Gasteiger partial charge in [0.05, 0.1) is 13.5 Å². The summed E-state index contributed by atoms with van der Waals surface area (Å²) in [7, 11) is 1.58. The van der Waals surface area contributed by atoms with Crippen LogP contribution in [0.3, 0.4) is 0 Å². The molecule has 0 aliphatic carbocycles. The van der Waals surface area contributed by atoms with Crippen molar-refractivity contribution in [2.75, 3.05) is 13.7 Å². The molecule has 1 aliphatic rings. The van der Waals surface area contributed by atoms with E-state index in [1.54, 1.807) is 19.2 Å². The Bertz CT molecular complexity index is 542. The summed E-state index contributed by atoms with van der Waals surface area (Å²) in [6.45, 7) is 0.327. The molecule has 1 aromatic carbocycles. The van der Waals surface area contributed by atoms with Crippen LogP contribution in [0.15, 0.2) is 24.3 Å². The number of nitrogens with one attached hydrogen (secondary N) is 3. The van der Waals surface area contributed by atoms with E-state index in [1.165, 1.54) is 0 Å². The fourth-order valence-electron chi connectivity index (χ4n) is 2.01. The first-order valence-electron chi connectivity index (χ1n) is 6.59. The third-order valence-electron chi connectivity index (χ3n) is 3.14. The second-order valence-electron chi connectivity index (χ2n) is 4.68. The molecule has 0 saturated carbocycles. The minimum atomic E-state index is -0.571. The van der Waals surface area contributed by atoms with Crippen LogP contribution in [0, 0.1) is 0 Å². The molecule has 7 nitrogen and oxygen atoms in total. The van der Waals surface area contributed by atoms with Crippen LogP contribution in [-0.4, -0.2) is 37.5 Å². The summed E-state index contributed by atoms with van der Waals surface area (Å²) in [5.74, 6) is 0.247. The lowest BCUT2D eigenvalue weighted by Gasteiger charge is -2.09. The molecule has 0 aromatic heterocycles. The van der Waals surface area contributed by atoms with Gasteiger partial charge < -0.3 is 15.4 Å². The maximum atomic E-state index is 11.8. The standard InChI is InChI=1S/C14H17N3O4/c1-21-10-4-2-9(3-5-10)8-12(18)15-7-6-11-13(19)17-14(20)16-11/h2-5,11H,6-8H2,1H3,(H,15,18)(H2,16,17,19,20). The first-order chi connectivity index (χ1) is 10.1. The second-order valence-corrected chi connectivity index (χ2v) is 4.68. The molecular weight excluding hydrogens is 274 g/mol. The fourth-order valence-corrected chi connectivity index (χ4v) is 2.01. The zero-order valence-electron chi connectivity index (χ0n) is 11.6. The number of carbonyl (C=O) groups is 3. The van der Waals surface area contributed by atoms with Crippen molar-refractivity contribution in [3.63, 3.8) is 0 Å². The summed E-state index contributed by atoms with van der Waals surface area (Å²) in [6.07, 6.45) is 0.624. The maximum absolute atomic E-state index is 11.8. The van der Waals surface area contributed by atoms with E-state index in [0.29, 0.717) is 13.0 Å². The molecule has 3 N–H and O–H groups in total. The van der Waals surface area contributed by atoms with E-state index in [-0.39, 0.29) is 18.2 Å². The number of imide groups is 1. The van der Waals surface area contributed by atoms with Crippen LogP contribution in [0.2, 0.25) is 0 Å². The van der Waals surface area contributed by atoms with Crippen LogP contribution in [0.5, 0.6) is 5.75 Å². The predicted molar refractivity (Wildman–Crippen MR) is 74.8 cm³/mol. The van der Waals surface area contributed by atoms with Gasteiger partial charge in [0.1, 0.15) is 11.8 Å². The number of hydrogen-bond donors (Lipinski definition) is 3. The van der Waals surface area contributed by atoms with E-state index in [9.17, 15) is 14.4 Å². The summed E-state index contributed by atoms with van der Waals surface area (Å²) in [6, 6.07) is 6.17. The predicted octanol–water partition coefficient (Wildman–Crippen LogP) is -0.0480. The van der Waals surface area contributed by atoms with E-state index in [0.717, 1.165) is 11.3 Å². The van der Waals surface area contributed by atoms with Gasteiger partial charge in [0, 0.05) is 6.54 Å². The van der Waals surface area contributed by atoms with Gasteiger partial charge in [0.2, 0.25) is 5.91 Å². The van der Waals surface area contributed by atoms with Crippen molar-refractivity contribution in [3.8, 4) is 5.75 Å². The quantitative estimate of drug-likeness (QED) is 0.640. The molecule has 21 heavy (non-hydrogen) atoms. The van der Waals surface area contributed by atoms with Gasteiger partial charge in [-0.3, -0.25) is 14.9 Å². The molecule has 1 aromatic rings. The minimum Gasteiger partial charge on any atom is -0.497 e. The molecule has 0 bridgehead atoms. The highest BCUT2D eigenvalue weighted by atomic mass is 16.5. The highest BCUT2D eigenvalue weighted by molar-refractivity contribution is 6.04. The van der Waals surface area contributed by atoms with Gasteiger partial charge in [-0.2, -0.15) is 0 Å². The lowest BCUT2D eigenvalue weighted by Crippen LogP contribution is -2.35. The van der Waals surface area contributed by atoms with Gasteiger partial charge in [-0.05, 0) is 24.1 Å². The van der Waals surface area contributed by atoms with Crippen molar-refractivity contribution in [2.24, 2.45) is 0 Å². The van der Waals surface area contributed by atoms with Crippen molar-refractivity contribution in [1.82, 2.24) is 16.0 Å². The molecule has 0 radical (unpaired) electrons. The topological polar surface area (TPSA) is 96.5 Å². The Labute approximate surface area is 122 Å². The summed E-state index contributed by atoms with van der Waals surface area (Å²) < 4.78 is 5.04. The molecule has 1 unspecified atom stereocenters. The lowest BCUT2D eigenvalue weighted by atomic mass is 10.1. The summed E-state index contributed by atoms with van der Waals surface area (Å²) >= 11 is 0. The molecule has 7 heteroatoms. The van der Waals surface area contributed by atoms with Crippen molar-refractivity contribution in [3.05, 3.63) is 29.8 Å². The average molecular weight is 291 g/mol. The number of methoxy groups -OCH3 is 1. The number of benzene rings is 1. The Hall–Kier alpha value is -2.57. The molecule has 1 heterocycles. The van der Waals surface area contributed by atoms with Gasteiger partial charge >= 0.3 is 6.03 Å². The highest BCUT2D eigenvalue weighted by Gasteiger charge is 2.28. The molecule has 0 spiro atoms. The minimum absolute atomic E-state index is 0.134. The van der Waals surface area contributed by atoms with Crippen LogP contribution in [0.25, 0.3) is 0 Å². The number of hydrogen-bond acceptors (Lipinski definition) is 4. The van der Waals surface area contributed by atoms with E-state index < -0.39 is 12.1 Å². The first-order valence-corrected chi connectivity index (χ1v) is 6.59. The number of rotatable bonds is 6. The SMILES string of the molecule is COc1ccc(CC(=O)NCCC2NC(=O)NC2=O)cc1. The Morgan fingerprint density at radius 2 is 2.00 bits per heavy atom. The van der Waals surface area contributed by atoms with Crippen LogP contribution in [0.4, 0.5) is 4.79 Å². The van der Waals surface area contributed by atoms with Gasteiger partial charge in [-0.1, -0.05) is 12.1 Å². The molecule has 4 amide bonds. The van der Waals surface area contributed by atoms with Crippen molar-refractivity contribution in [2.45, 2.75) is 18.9 Å². The van der Waals surface area contributed by atoms with Crippen molar-refractivity contribution in [1.29, 1.82) is 0 Å². The molecular formula is C14H17N3O4. The van der Waals surface area contributed by atoms with Crippen LogP contribution in [-0.2, 0) is 16.0 Å². The fraction of sp³-hybridized carbons (Fsp3) is 0.357. The molecule has 1 atom stereocenters. The Balaban J connectivity index is 1.72. The van der Waals surface area contributed by atoms with E-state index >= 15 is 0 Å². The van der Waals surface area contributed by atoms with Gasteiger partial charge in [-0.25, -0.2) is 4.79 Å². The van der Waals surface area contributed by atoms with Gasteiger partial charge in [0.25, 0.3) is 5.91 Å². The second kappa shape index (κ2) is 6.74. The normalized spacial score (nSPS) is 17.1. The van der Waals surface area contributed by atoms with E-state index in [2.05, 4.69) is 16.0 Å². The Kier molecular flexibility index (Phi) is 4.76. The zero-order valence-corrected chi connectivity index (χ0v) is 11.6. The molecule has 1 aliphatic heterocycles. The van der Waals surface area contributed by atoms with E-state index in [4.69, 9.17) is 4.74 Å². The van der Waals surface area contributed by atoms with E-state index in [1.807, 2.05) is 12.1 Å².